The number of hydrogen-bond donors (Lipinski definition) is 0. The monoisotopic (exact) mass is 273 g/mol. The number of nitrogens with zero attached hydrogens (tertiary/aromatic N) is 1. The highest BCUT2D eigenvalue weighted by Crippen LogP contribution is 2.40. The zero-order valence-corrected chi connectivity index (χ0v) is 14.1. The van der Waals surface area contributed by atoms with E-state index in [0.29, 0.717) is 5.41 Å². The Morgan fingerprint density at radius 1 is 1.15 bits per heavy atom. The quantitative estimate of drug-likeness (QED) is 0.675. The Labute approximate surface area is 125 Å². The van der Waals surface area contributed by atoms with Crippen molar-refractivity contribution < 1.29 is 0 Å². The first-order chi connectivity index (χ1) is 9.40. The molecule has 1 aliphatic carbocycles. The van der Waals surface area contributed by atoms with Crippen molar-refractivity contribution in [1.82, 2.24) is 4.90 Å². The van der Waals surface area contributed by atoms with Gasteiger partial charge in [0.25, 0.3) is 0 Å². The lowest BCUT2D eigenvalue weighted by atomic mass is 9.72. The van der Waals surface area contributed by atoms with Crippen LogP contribution in [-0.4, -0.2) is 25.0 Å². The van der Waals surface area contributed by atoms with Gasteiger partial charge in [0.2, 0.25) is 0 Å². The van der Waals surface area contributed by atoms with Crippen LogP contribution in [0, 0.1) is 5.41 Å². The third kappa shape index (κ3) is 3.63. The highest BCUT2D eigenvalue weighted by Gasteiger charge is 2.26. The summed E-state index contributed by atoms with van der Waals surface area (Å²) in [5, 5.41) is 0. The molecule has 20 heavy (non-hydrogen) atoms. The van der Waals surface area contributed by atoms with Crippen LogP contribution in [0.2, 0.25) is 0 Å². The molecule has 0 atom stereocenters. The van der Waals surface area contributed by atoms with Crippen LogP contribution in [0.15, 0.2) is 34.4 Å². The molecule has 0 N–H and O–H groups in total. The highest BCUT2D eigenvalue weighted by molar-refractivity contribution is 5.37. The fourth-order valence-electron chi connectivity index (χ4n) is 3.62. The molecule has 0 spiro atoms. The van der Waals surface area contributed by atoms with Crippen molar-refractivity contribution in [2.24, 2.45) is 5.41 Å². The highest BCUT2D eigenvalue weighted by atomic mass is 15.1. The topological polar surface area (TPSA) is 3.24 Å². The van der Waals surface area contributed by atoms with Gasteiger partial charge in [0, 0.05) is 13.1 Å². The van der Waals surface area contributed by atoms with Crippen LogP contribution < -0.4 is 0 Å². The maximum absolute atomic E-state index is 2.43. The summed E-state index contributed by atoms with van der Waals surface area (Å²) in [6.45, 7) is 11.8. The van der Waals surface area contributed by atoms with Gasteiger partial charge >= 0.3 is 0 Å². The normalized spacial score (nSPS) is 24.6. The minimum Gasteiger partial charge on any atom is -0.306 e. The molecule has 0 bridgehead atoms. The molecule has 2 aliphatic rings. The van der Waals surface area contributed by atoms with Gasteiger partial charge < -0.3 is 4.90 Å². The number of hydrogen-bond acceptors (Lipinski definition) is 1. The van der Waals surface area contributed by atoms with Gasteiger partial charge in [-0.2, -0.15) is 0 Å². The predicted molar refractivity (Wildman–Crippen MR) is 88.9 cm³/mol. The van der Waals surface area contributed by atoms with Crippen molar-refractivity contribution in [1.29, 1.82) is 0 Å². The van der Waals surface area contributed by atoms with Crippen LogP contribution >= 0.6 is 0 Å². The van der Waals surface area contributed by atoms with Crippen LogP contribution in [0.3, 0.4) is 0 Å². The number of allylic oxidation sites excluding steroid dienone is 5. The standard InChI is InChI=1S/C19H31N/c1-15(17-10-13-20(5)14-11-17)8-9-18-16(2)7-6-12-19(18,3)4/h8-9H,6-7,10-14H2,1-5H3/b9-8+. The van der Waals surface area contributed by atoms with Crippen LogP contribution in [0.5, 0.6) is 0 Å². The second-order valence-corrected chi connectivity index (χ2v) is 7.35. The molecule has 1 nitrogen and oxygen atoms in total. The molecule has 1 aliphatic heterocycles. The number of piperidine rings is 1. The average Bonchev–Trinajstić information content (AvgIpc) is 2.38. The molecular weight excluding hydrogens is 242 g/mol. The minimum atomic E-state index is 0.358. The summed E-state index contributed by atoms with van der Waals surface area (Å²) in [4.78, 5) is 2.43. The fraction of sp³-hybridized carbons (Fsp3) is 0.684. The Bertz CT molecular complexity index is 438. The van der Waals surface area contributed by atoms with Crippen molar-refractivity contribution in [2.75, 3.05) is 20.1 Å². The van der Waals surface area contributed by atoms with E-state index in [-0.39, 0.29) is 0 Å². The summed E-state index contributed by atoms with van der Waals surface area (Å²) in [6, 6.07) is 0. The molecular formula is C19H31N. The molecule has 0 unspecified atom stereocenters. The third-order valence-electron chi connectivity index (χ3n) is 5.19. The van der Waals surface area contributed by atoms with Crippen molar-refractivity contribution in [3.8, 4) is 0 Å². The first kappa shape index (κ1) is 15.6. The summed E-state index contributed by atoms with van der Waals surface area (Å²) in [6.07, 6.45) is 11.2. The molecule has 0 aromatic carbocycles. The van der Waals surface area contributed by atoms with Crippen molar-refractivity contribution in [3.63, 3.8) is 0 Å². The van der Waals surface area contributed by atoms with E-state index in [1.807, 2.05) is 0 Å². The number of likely N-dealkylation sites (tertiary alicyclic amines) is 1. The number of rotatable bonds is 2. The lowest BCUT2D eigenvalue weighted by molar-refractivity contribution is 0.311. The third-order valence-corrected chi connectivity index (χ3v) is 5.19. The molecule has 0 radical (unpaired) electrons. The lowest BCUT2D eigenvalue weighted by Gasteiger charge is -2.33. The SMILES string of the molecule is CC(/C=C/C1=C(C)CCCC1(C)C)=C1CCN(C)CC1. The molecule has 0 amide bonds. The Morgan fingerprint density at radius 3 is 2.40 bits per heavy atom. The van der Waals surface area contributed by atoms with Gasteiger partial charge in [0.15, 0.2) is 0 Å². The summed E-state index contributed by atoms with van der Waals surface area (Å²) < 4.78 is 0. The van der Waals surface area contributed by atoms with E-state index in [2.05, 4.69) is 51.8 Å². The summed E-state index contributed by atoms with van der Waals surface area (Å²) in [7, 11) is 2.22. The Kier molecular flexibility index (Phi) is 4.90. The summed E-state index contributed by atoms with van der Waals surface area (Å²) in [5.74, 6) is 0. The second kappa shape index (κ2) is 6.30. The van der Waals surface area contributed by atoms with Crippen molar-refractivity contribution in [2.45, 2.75) is 59.8 Å². The van der Waals surface area contributed by atoms with Crippen molar-refractivity contribution in [3.05, 3.63) is 34.4 Å². The first-order valence-electron chi connectivity index (χ1n) is 8.15. The van der Waals surface area contributed by atoms with E-state index in [4.69, 9.17) is 0 Å². The van der Waals surface area contributed by atoms with Crippen LogP contribution in [0.25, 0.3) is 0 Å². The molecule has 0 aromatic heterocycles. The molecule has 0 saturated carbocycles. The zero-order chi connectivity index (χ0) is 14.8. The molecule has 1 fully saturated rings. The van der Waals surface area contributed by atoms with Gasteiger partial charge in [-0.1, -0.05) is 42.7 Å². The maximum Gasteiger partial charge on any atom is 0.00159 e. The van der Waals surface area contributed by atoms with Gasteiger partial charge in [-0.25, -0.2) is 0 Å². The largest absolute Gasteiger partial charge is 0.306 e. The fourth-order valence-corrected chi connectivity index (χ4v) is 3.62. The van der Waals surface area contributed by atoms with Gasteiger partial charge in [-0.15, -0.1) is 0 Å². The Hall–Kier alpha value is -0.820. The molecule has 112 valence electrons. The van der Waals surface area contributed by atoms with Gasteiger partial charge in [-0.05, 0) is 64.0 Å². The van der Waals surface area contributed by atoms with Gasteiger partial charge in [-0.3, -0.25) is 0 Å². The zero-order valence-electron chi connectivity index (χ0n) is 14.1. The summed E-state index contributed by atoms with van der Waals surface area (Å²) >= 11 is 0. The smallest absolute Gasteiger partial charge is 0.00159 e. The first-order valence-corrected chi connectivity index (χ1v) is 8.15. The van der Waals surface area contributed by atoms with Crippen LogP contribution in [-0.2, 0) is 0 Å². The molecule has 1 heteroatoms. The predicted octanol–water partition coefficient (Wildman–Crippen LogP) is 5.11. The van der Waals surface area contributed by atoms with E-state index < -0.39 is 0 Å². The average molecular weight is 273 g/mol. The van der Waals surface area contributed by atoms with Crippen molar-refractivity contribution >= 4 is 0 Å². The van der Waals surface area contributed by atoms with E-state index in [9.17, 15) is 0 Å². The minimum absolute atomic E-state index is 0.358. The summed E-state index contributed by atoms with van der Waals surface area (Å²) in [5.41, 5.74) is 6.69. The van der Waals surface area contributed by atoms with E-state index in [0.717, 1.165) is 0 Å². The second-order valence-electron chi connectivity index (χ2n) is 7.35. The Morgan fingerprint density at radius 2 is 1.80 bits per heavy atom. The maximum atomic E-state index is 2.43. The van der Waals surface area contributed by atoms with E-state index >= 15 is 0 Å². The van der Waals surface area contributed by atoms with Crippen LogP contribution in [0.1, 0.15) is 59.8 Å². The Balaban J connectivity index is 2.14. The molecule has 2 rings (SSSR count). The van der Waals surface area contributed by atoms with Gasteiger partial charge in [0.05, 0.1) is 0 Å². The van der Waals surface area contributed by atoms with E-state index in [1.165, 1.54) is 50.8 Å². The van der Waals surface area contributed by atoms with Crippen LogP contribution in [0.4, 0.5) is 0 Å². The van der Waals surface area contributed by atoms with E-state index in [1.54, 1.807) is 16.7 Å². The lowest BCUT2D eigenvalue weighted by Crippen LogP contribution is -2.26. The molecule has 1 heterocycles. The molecule has 1 saturated heterocycles. The van der Waals surface area contributed by atoms with Gasteiger partial charge in [0.1, 0.15) is 0 Å². The molecule has 0 aromatic rings.